The molecule has 3 nitrogen and oxygen atoms in total. The third-order valence-electron chi connectivity index (χ3n) is 2.57. The second kappa shape index (κ2) is 8.31. The summed E-state index contributed by atoms with van der Waals surface area (Å²) in [5, 5.41) is 0. The smallest absolute Gasteiger partial charge is 0.197 e. The quantitative estimate of drug-likeness (QED) is 0.503. The molecule has 0 radical (unpaired) electrons. The van der Waals surface area contributed by atoms with Crippen molar-refractivity contribution in [2.45, 2.75) is 19.4 Å². The fourth-order valence-electron chi connectivity index (χ4n) is 1.53. The van der Waals surface area contributed by atoms with Crippen LogP contribution in [0.3, 0.4) is 0 Å². The standard InChI is InChI=1S/C15H23O3P/c1-4-14-7-9-15(10-8-14)13-17-11-5-6-12-18-19(2,3)16/h4,7-10H,1,5-6,11-13H2,2-3H3. The van der Waals surface area contributed by atoms with Gasteiger partial charge >= 0.3 is 0 Å². The highest BCUT2D eigenvalue weighted by Gasteiger charge is 2.05. The highest BCUT2D eigenvalue weighted by atomic mass is 31.2. The number of benzene rings is 1. The van der Waals surface area contributed by atoms with Crippen LogP contribution in [-0.4, -0.2) is 26.5 Å². The van der Waals surface area contributed by atoms with Crippen LogP contribution < -0.4 is 0 Å². The van der Waals surface area contributed by atoms with Crippen LogP contribution in [0.5, 0.6) is 0 Å². The molecule has 0 amide bonds. The molecule has 4 heteroatoms. The van der Waals surface area contributed by atoms with Gasteiger partial charge in [-0.25, -0.2) is 0 Å². The first kappa shape index (κ1) is 16.2. The van der Waals surface area contributed by atoms with Crippen molar-refractivity contribution >= 4 is 13.4 Å². The van der Waals surface area contributed by atoms with Crippen LogP contribution in [0.4, 0.5) is 0 Å². The van der Waals surface area contributed by atoms with Crippen molar-refractivity contribution in [2.24, 2.45) is 0 Å². The van der Waals surface area contributed by atoms with Crippen LogP contribution >= 0.6 is 7.37 Å². The minimum absolute atomic E-state index is 0.543. The summed E-state index contributed by atoms with van der Waals surface area (Å²) < 4.78 is 22.1. The lowest BCUT2D eigenvalue weighted by atomic mass is 10.1. The van der Waals surface area contributed by atoms with Gasteiger partial charge < -0.3 is 9.26 Å². The Labute approximate surface area is 116 Å². The summed E-state index contributed by atoms with van der Waals surface area (Å²) in [6.45, 7) is 8.85. The molecule has 0 unspecified atom stereocenters. The summed E-state index contributed by atoms with van der Waals surface area (Å²) in [6, 6.07) is 8.15. The molecular formula is C15H23O3P. The topological polar surface area (TPSA) is 35.5 Å². The molecule has 0 heterocycles. The Morgan fingerprint density at radius 2 is 1.79 bits per heavy atom. The third-order valence-corrected chi connectivity index (χ3v) is 3.37. The molecule has 0 aliphatic heterocycles. The number of rotatable bonds is 9. The molecule has 1 aromatic rings. The summed E-state index contributed by atoms with van der Waals surface area (Å²) >= 11 is 0. The van der Waals surface area contributed by atoms with E-state index in [-0.39, 0.29) is 0 Å². The lowest BCUT2D eigenvalue weighted by Gasteiger charge is -2.08. The highest BCUT2D eigenvalue weighted by Crippen LogP contribution is 2.37. The monoisotopic (exact) mass is 282 g/mol. The highest BCUT2D eigenvalue weighted by molar-refractivity contribution is 7.57. The molecule has 0 fully saturated rings. The molecule has 1 rings (SSSR count). The van der Waals surface area contributed by atoms with E-state index in [0.29, 0.717) is 19.8 Å². The van der Waals surface area contributed by atoms with E-state index in [0.717, 1.165) is 24.0 Å². The summed E-state index contributed by atoms with van der Waals surface area (Å²) in [6.07, 6.45) is 3.62. The van der Waals surface area contributed by atoms with Crippen molar-refractivity contribution in [3.8, 4) is 0 Å². The van der Waals surface area contributed by atoms with Crippen LogP contribution in [0.25, 0.3) is 6.08 Å². The maximum Gasteiger partial charge on any atom is 0.197 e. The van der Waals surface area contributed by atoms with Crippen LogP contribution in [0.1, 0.15) is 24.0 Å². The van der Waals surface area contributed by atoms with E-state index >= 15 is 0 Å². The van der Waals surface area contributed by atoms with Gasteiger partial charge in [0.15, 0.2) is 7.37 Å². The molecule has 0 N–H and O–H groups in total. The van der Waals surface area contributed by atoms with E-state index in [1.165, 1.54) is 0 Å². The van der Waals surface area contributed by atoms with E-state index in [1.807, 2.05) is 30.3 Å². The van der Waals surface area contributed by atoms with E-state index in [9.17, 15) is 4.57 Å². The molecule has 0 saturated carbocycles. The average molecular weight is 282 g/mol. The summed E-state index contributed by atoms with van der Waals surface area (Å²) in [4.78, 5) is 0. The maximum absolute atomic E-state index is 11.3. The zero-order valence-corrected chi connectivity index (χ0v) is 12.7. The van der Waals surface area contributed by atoms with Crippen LogP contribution in [0, 0.1) is 0 Å². The minimum Gasteiger partial charge on any atom is -0.377 e. The third kappa shape index (κ3) is 7.99. The molecule has 0 atom stereocenters. The molecule has 0 aliphatic rings. The second-order valence-corrected chi connectivity index (χ2v) is 7.55. The summed E-state index contributed by atoms with van der Waals surface area (Å²) in [7, 11) is -2.33. The molecule has 0 aliphatic carbocycles. The number of hydrogen-bond donors (Lipinski definition) is 0. The number of unbranched alkanes of at least 4 members (excludes halogenated alkanes) is 1. The SMILES string of the molecule is C=Cc1ccc(COCCCCOP(C)(C)=O)cc1. The van der Waals surface area contributed by atoms with E-state index in [2.05, 4.69) is 6.58 Å². The molecular weight excluding hydrogens is 259 g/mol. The molecule has 106 valence electrons. The van der Waals surface area contributed by atoms with Crippen LogP contribution in [0.15, 0.2) is 30.8 Å². The fraction of sp³-hybridized carbons (Fsp3) is 0.467. The van der Waals surface area contributed by atoms with Crippen molar-refractivity contribution in [1.82, 2.24) is 0 Å². The van der Waals surface area contributed by atoms with Gasteiger partial charge in [0.25, 0.3) is 0 Å². The molecule has 0 bridgehead atoms. The van der Waals surface area contributed by atoms with Crippen molar-refractivity contribution < 1.29 is 13.8 Å². The second-order valence-electron chi connectivity index (χ2n) is 4.79. The molecule has 0 aromatic heterocycles. The zero-order chi connectivity index (χ0) is 14.1. The van der Waals surface area contributed by atoms with Gasteiger partial charge in [-0.05, 0) is 24.0 Å². The predicted molar refractivity (Wildman–Crippen MR) is 80.8 cm³/mol. The maximum atomic E-state index is 11.3. The molecule has 19 heavy (non-hydrogen) atoms. The Bertz CT molecular complexity index is 420. The summed E-state index contributed by atoms with van der Waals surface area (Å²) in [5.74, 6) is 0. The van der Waals surface area contributed by atoms with Gasteiger partial charge in [0.2, 0.25) is 0 Å². The van der Waals surface area contributed by atoms with E-state index < -0.39 is 7.37 Å². The number of hydrogen-bond acceptors (Lipinski definition) is 3. The van der Waals surface area contributed by atoms with E-state index in [4.69, 9.17) is 9.26 Å². The molecule has 1 aromatic carbocycles. The van der Waals surface area contributed by atoms with Crippen molar-refractivity contribution in [2.75, 3.05) is 26.5 Å². The largest absolute Gasteiger partial charge is 0.377 e. The molecule has 0 saturated heterocycles. The predicted octanol–water partition coefficient (Wildman–Crippen LogP) is 4.18. The Kier molecular flexibility index (Phi) is 7.07. The normalized spacial score (nSPS) is 11.5. The Morgan fingerprint density at radius 1 is 1.16 bits per heavy atom. The van der Waals surface area contributed by atoms with Gasteiger partial charge in [0.1, 0.15) is 0 Å². The fourth-order valence-corrected chi connectivity index (χ4v) is 2.10. The number of ether oxygens (including phenoxy) is 1. The van der Waals surface area contributed by atoms with Crippen LogP contribution in [-0.2, 0) is 20.4 Å². The average Bonchev–Trinajstić information content (AvgIpc) is 2.37. The van der Waals surface area contributed by atoms with Crippen LogP contribution in [0.2, 0.25) is 0 Å². The molecule has 0 spiro atoms. The van der Waals surface area contributed by atoms with Gasteiger partial charge in [0, 0.05) is 19.9 Å². The van der Waals surface area contributed by atoms with Gasteiger partial charge in [0.05, 0.1) is 13.2 Å². The lowest BCUT2D eigenvalue weighted by molar-refractivity contribution is 0.114. The first-order valence-corrected chi connectivity index (χ1v) is 9.02. The summed E-state index contributed by atoms with van der Waals surface area (Å²) in [5.41, 5.74) is 2.28. The zero-order valence-electron chi connectivity index (χ0n) is 11.8. The Hall–Kier alpha value is -0.890. The first-order chi connectivity index (χ1) is 9.01. The minimum atomic E-state index is -2.33. The van der Waals surface area contributed by atoms with Crippen molar-refractivity contribution in [1.29, 1.82) is 0 Å². The first-order valence-electron chi connectivity index (χ1n) is 6.50. The lowest BCUT2D eigenvalue weighted by Crippen LogP contribution is -1.98. The van der Waals surface area contributed by atoms with Crippen molar-refractivity contribution in [3.05, 3.63) is 42.0 Å². The van der Waals surface area contributed by atoms with Gasteiger partial charge in [-0.15, -0.1) is 0 Å². The van der Waals surface area contributed by atoms with Gasteiger partial charge in [-0.3, -0.25) is 4.57 Å². The Balaban J connectivity index is 2.07. The Morgan fingerprint density at radius 3 is 2.37 bits per heavy atom. The van der Waals surface area contributed by atoms with Gasteiger partial charge in [-0.2, -0.15) is 0 Å². The van der Waals surface area contributed by atoms with E-state index in [1.54, 1.807) is 13.3 Å². The van der Waals surface area contributed by atoms with Crippen molar-refractivity contribution in [3.63, 3.8) is 0 Å². The van der Waals surface area contributed by atoms with Gasteiger partial charge in [-0.1, -0.05) is 36.9 Å².